The minimum atomic E-state index is -0.156. The molecular formula is C13H16FNO. The van der Waals surface area contributed by atoms with E-state index in [1.807, 2.05) is 13.0 Å². The molecule has 0 saturated heterocycles. The van der Waals surface area contributed by atoms with Crippen LogP contribution in [0.25, 0.3) is 11.0 Å². The van der Waals surface area contributed by atoms with Gasteiger partial charge in [-0.2, -0.15) is 0 Å². The zero-order valence-corrected chi connectivity index (χ0v) is 9.59. The molecule has 1 heterocycles. The van der Waals surface area contributed by atoms with Gasteiger partial charge in [0, 0.05) is 6.04 Å². The molecule has 2 nitrogen and oxygen atoms in total. The van der Waals surface area contributed by atoms with E-state index in [4.69, 9.17) is 4.42 Å². The highest BCUT2D eigenvalue weighted by atomic mass is 19.1. The third kappa shape index (κ3) is 2.09. The van der Waals surface area contributed by atoms with Crippen LogP contribution in [-0.2, 0) is 6.42 Å². The Morgan fingerprint density at radius 2 is 2.19 bits per heavy atom. The summed E-state index contributed by atoms with van der Waals surface area (Å²) in [4.78, 5) is 0. The first-order chi connectivity index (χ1) is 7.72. The third-order valence-corrected chi connectivity index (χ3v) is 2.73. The van der Waals surface area contributed by atoms with E-state index < -0.39 is 0 Å². The van der Waals surface area contributed by atoms with Gasteiger partial charge in [0.25, 0.3) is 0 Å². The van der Waals surface area contributed by atoms with E-state index in [0.29, 0.717) is 17.4 Å². The molecule has 0 amide bonds. The SMILES string of the molecule is CCN[C@@H](C)Cc1ccc2occc2c1F. The second-order valence-electron chi connectivity index (χ2n) is 4.03. The van der Waals surface area contributed by atoms with Gasteiger partial charge in [-0.3, -0.25) is 0 Å². The minimum absolute atomic E-state index is 0.156. The fourth-order valence-electron chi connectivity index (χ4n) is 1.96. The quantitative estimate of drug-likeness (QED) is 0.858. The number of rotatable bonds is 4. The average molecular weight is 221 g/mol. The topological polar surface area (TPSA) is 25.2 Å². The summed E-state index contributed by atoms with van der Waals surface area (Å²) in [5, 5.41) is 3.84. The standard InChI is InChI=1S/C13H16FNO/c1-3-15-9(2)8-10-4-5-12-11(13(10)14)6-7-16-12/h4-7,9,15H,3,8H2,1-2H3/t9-/m0/s1. The van der Waals surface area contributed by atoms with Crippen molar-refractivity contribution in [1.29, 1.82) is 0 Å². The number of hydrogen-bond donors (Lipinski definition) is 1. The van der Waals surface area contributed by atoms with E-state index in [2.05, 4.69) is 12.2 Å². The lowest BCUT2D eigenvalue weighted by Gasteiger charge is -2.12. The number of halogens is 1. The lowest BCUT2D eigenvalue weighted by molar-refractivity contribution is 0.542. The molecule has 3 heteroatoms. The molecule has 0 unspecified atom stereocenters. The van der Waals surface area contributed by atoms with Crippen molar-refractivity contribution in [3.8, 4) is 0 Å². The van der Waals surface area contributed by atoms with Gasteiger partial charge in [-0.1, -0.05) is 13.0 Å². The molecule has 1 aromatic carbocycles. The third-order valence-electron chi connectivity index (χ3n) is 2.73. The number of likely N-dealkylation sites (N-methyl/N-ethyl adjacent to an activating group) is 1. The summed E-state index contributed by atoms with van der Waals surface area (Å²) >= 11 is 0. The average Bonchev–Trinajstić information content (AvgIpc) is 2.71. The van der Waals surface area contributed by atoms with Crippen LogP contribution in [0.3, 0.4) is 0 Å². The van der Waals surface area contributed by atoms with Gasteiger partial charge in [0.05, 0.1) is 11.6 Å². The smallest absolute Gasteiger partial charge is 0.137 e. The second-order valence-corrected chi connectivity index (χ2v) is 4.03. The first-order valence-corrected chi connectivity index (χ1v) is 5.60. The summed E-state index contributed by atoms with van der Waals surface area (Å²) in [6, 6.07) is 5.58. The molecule has 0 aliphatic rings. The number of benzene rings is 1. The molecule has 0 fully saturated rings. The Morgan fingerprint density at radius 3 is 2.94 bits per heavy atom. The van der Waals surface area contributed by atoms with Gasteiger partial charge in [-0.05, 0) is 37.6 Å². The van der Waals surface area contributed by atoms with Crippen molar-refractivity contribution in [1.82, 2.24) is 5.32 Å². The maximum Gasteiger partial charge on any atom is 0.137 e. The molecule has 2 aromatic rings. The van der Waals surface area contributed by atoms with Crippen LogP contribution in [0, 0.1) is 5.82 Å². The molecule has 0 spiro atoms. The monoisotopic (exact) mass is 221 g/mol. The second kappa shape index (κ2) is 4.66. The summed E-state index contributed by atoms with van der Waals surface area (Å²) in [7, 11) is 0. The minimum Gasteiger partial charge on any atom is -0.464 e. The van der Waals surface area contributed by atoms with Crippen LogP contribution < -0.4 is 5.32 Å². The molecule has 16 heavy (non-hydrogen) atoms. The molecular weight excluding hydrogens is 205 g/mol. The maximum absolute atomic E-state index is 14.0. The van der Waals surface area contributed by atoms with E-state index in [9.17, 15) is 4.39 Å². The largest absolute Gasteiger partial charge is 0.464 e. The lowest BCUT2D eigenvalue weighted by Crippen LogP contribution is -2.27. The Labute approximate surface area is 94.4 Å². The van der Waals surface area contributed by atoms with E-state index in [0.717, 1.165) is 12.1 Å². The van der Waals surface area contributed by atoms with Crippen molar-refractivity contribution in [3.05, 3.63) is 35.8 Å². The fraction of sp³-hybridized carbons (Fsp3) is 0.385. The Kier molecular flexibility index (Phi) is 3.25. The van der Waals surface area contributed by atoms with Crippen LogP contribution in [0.1, 0.15) is 19.4 Å². The van der Waals surface area contributed by atoms with Crippen LogP contribution in [0.5, 0.6) is 0 Å². The van der Waals surface area contributed by atoms with Gasteiger partial charge >= 0.3 is 0 Å². The van der Waals surface area contributed by atoms with E-state index in [1.54, 1.807) is 12.1 Å². The predicted molar refractivity (Wildman–Crippen MR) is 63.0 cm³/mol. The Balaban J connectivity index is 2.27. The molecule has 0 aliphatic carbocycles. The number of hydrogen-bond acceptors (Lipinski definition) is 2. The zero-order valence-electron chi connectivity index (χ0n) is 9.59. The summed E-state index contributed by atoms with van der Waals surface area (Å²) < 4.78 is 19.2. The van der Waals surface area contributed by atoms with Crippen molar-refractivity contribution in [3.63, 3.8) is 0 Å². The van der Waals surface area contributed by atoms with Crippen molar-refractivity contribution in [2.75, 3.05) is 6.54 Å². The number of nitrogens with one attached hydrogen (secondary N) is 1. The van der Waals surface area contributed by atoms with Gasteiger partial charge in [0.15, 0.2) is 0 Å². The Hall–Kier alpha value is -1.35. The van der Waals surface area contributed by atoms with Crippen LogP contribution in [0.15, 0.2) is 28.9 Å². The van der Waals surface area contributed by atoms with E-state index in [-0.39, 0.29) is 11.9 Å². The molecule has 86 valence electrons. The highest BCUT2D eigenvalue weighted by Gasteiger charge is 2.11. The van der Waals surface area contributed by atoms with E-state index in [1.165, 1.54) is 6.26 Å². The molecule has 1 atom stereocenters. The summed E-state index contributed by atoms with van der Waals surface area (Å²) in [5.74, 6) is -0.156. The van der Waals surface area contributed by atoms with Crippen molar-refractivity contribution in [2.24, 2.45) is 0 Å². The van der Waals surface area contributed by atoms with Crippen LogP contribution in [-0.4, -0.2) is 12.6 Å². The van der Waals surface area contributed by atoms with Crippen molar-refractivity contribution >= 4 is 11.0 Å². The zero-order chi connectivity index (χ0) is 11.5. The van der Waals surface area contributed by atoms with Gasteiger partial charge in [0.2, 0.25) is 0 Å². The first kappa shape index (κ1) is 11.1. The maximum atomic E-state index is 14.0. The molecule has 1 aromatic heterocycles. The highest BCUT2D eigenvalue weighted by Crippen LogP contribution is 2.22. The molecule has 0 aliphatic heterocycles. The molecule has 0 bridgehead atoms. The Morgan fingerprint density at radius 1 is 1.38 bits per heavy atom. The molecule has 1 N–H and O–H groups in total. The summed E-state index contributed by atoms with van der Waals surface area (Å²) in [6.07, 6.45) is 2.21. The summed E-state index contributed by atoms with van der Waals surface area (Å²) in [5.41, 5.74) is 1.35. The molecule has 0 radical (unpaired) electrons. The molecule has 2 rings (SSSR count). The Bertz CT molecular complexity index is 478. The number of furan rings is 1. The van der Waals surface area contributed by atoms with Gasteiger partial charge in [-0.25, -0.2) is 4.39 Å². The van der Waals surface area contributed by atoms with Crippen LogP contribution in [0.2, 0.25) is 0 Å². The van der Waals surface area contributed by atoms with E-state index >= 15 is 0 Å². The fourth-order valence-corrected chi connectivity index (χ4v) is 1.96. The van der Waals surface area contributed by atoms with Gasteiger partial charge in [0.1, 0.15) is 11.4 Å². The highest BCUT2D eigenvalue weighted by molar-refractivity contribution is 5.78. The van der Waals surface area contributed by atoms with Crippen molar-refractivity contribution < 1.29 is 8.81 Å². The number of fused-ring (bicyclic) bond motifs is 1. The van der Waals surface area contributed by atoms with Crippen molar-refractivity contribution in [2.45, 2.75) is 26.3 Å². The van der Waals surface area contributed by atoms with Crippen LogP contribution in [0.4, 0.5) is 4.39 Å². The van der Waals surface area contributed by atoms with Gasteiger partial charge < -0.3 is 9.73 Å². The lowest BCUT2D eigenvalue weighted by atomic mass is 10.0. The summed E-state index contributed by atoms with van der Waals surface area (Å²) in [6.45, 7) is 5.01. The molecule has 0 saturated carbocycles. The predicted octanol–water partition coefficient (Wildman–Crippen LogP) is 3.11. The normalized spacial score (nSPS) is 13.2. The van der Waals surface area contributed by atoms with Crippen LogP contribution >= 0.6 is 0 Å². The first-order valence-electron chi connectivity index (χ1n) is 5.60. The van der Waals surface area contributed by atoms with Gasteiger partial charge in [-0.15, -0.1) is 0 Å².